The monoisotopic (exact) mass is 208 g/mol. The Hall–Kier alpha value is -2.38. The lowest BCUT2D eigenvalue weighted by Crippen LogP contribution is -2.19. The van der Waals surface area contributed by atoms with E-state index in [0.29, 0.717) is 11.5 Å². The first-order chi connectivity index (χ1) is 7.20. The Morgan fingerprint density at radius 3 is 3.07 bits per heavy atom. The quantitative estimate of drug-likeness (QED) is 0.605. The molecule has 2 aromatic rings. The molecule has 0 bridgehead atoms. The minimum atomic E-state index is -0.419. The second kappa shape index (κ2) is 3.40. The molecule has 15 heavy (non-hydrogen) atoms. The van der Waals surface area contributed by atoms with Gasteiger partial charge in [0.1, 0.15) is 11.5 Å². The minimum Gasteiger partial charge on any atom is -0.382 e. The molecule has 8 nitrogen and oxygen atoms in total. The number of carbonyl (C=O) groups excluding carboxylic acids is 1. The summed E-state index contributed by atoms with van der Waals surface area (Å²) in [7, 11) is 1.48. The fourth-order valence-electron chi connectivity index (χ4n) is 0.984. The summed E-state index contributed by atoms with van der Waals surface area (Å²) in [5.74, 6) is 0.0145. The lowest BCUT2D eigenvalue weighted by Gasteiger charge is -1.87. The summed E-state index contributed by atoms with van der Waals surface area (Å²) in [4.78, 5) is 15.0. The number of aromatic amines is 1. The van der Waals surface area contributed by atoms with Gasteiger partial charge in [-0.25, -0.2) is 0 Å². The van der Waals surface area contributed by atoms with Gasteiger partial charge in [0, 0.05) is 13.1 Å². The van der Waals surface area contributed by atoms with E-state index in [1.807, 2.05) is 0 Å². The average molecular weight is 208 g/mol. The van der Waals surface area contributed by atoms with Crippen LogP contribution in [0, 0.1) is 0 Å². The van der Waals surface area contributed by atoms with Gasteiger partial charge < -0.3 is 15.6 Å². The van der Waals surface area contributed by atoms with Crippen LogP contribution >= 0.6 is 0 Å². The third-order valence-electron chi connectivity index (χ3n) is 1.68. The number of anilines is 1. The largest absolute Gasteiger partial charge is 0.382 e. The number of aromatic nitrogens is 4. The van der Waals surface area contributed by atoms with Gasteiger partial charge in [0.2, 0.25) is 0 Å². The smallest absolute Gasteiger partial charge is 0.292 e. The topological polar surface area (TPSA) is 123 Å². The van der Waals surface area contributed by atoms with Gasteiger partial charge in [0.15, 0.2) is 0 Å². The molecule has 8 heteroatoms. The van der Waals surface area contributed by atoms with E-state index in [2.05, 4.69) is 25.7 Å². The maximum absolute atomic E-state index is 11.1. The number of nitrogens with two attached hydrogens (primary N) is 1. The number of H-pyrrole nitrogens is 1. The highest BCUT2D eigenvalue weighted by atomic mass is 16.5. The molecule has 0 spiro atoms. The molecule has 1 amide bonds. The number of carbonyl (C=O) groups is 1. The zero-order valence-electron chi connectivity index (χ0n) is 7.81. The fraction of sp³-hybridized carbons (Fsp3) is 0.143. The van der Waals surface area contributed by atoms with Gasteiger partial charge in [-0.15, -0.1) is 0 Å². The molecule has 0 radical (unpaired) electrons. The van der Waals surface area contributed by atoms with Crippen LogP contribution in [0.4, 0.5) is 5.82 Å². The summed E-state index contributed by atoms with van der Waals surface area (Å²) in [6, 6.07) is 1.53. The van der Waals surface area contributed by atoms with Crippen molar-refractivity contribution in [3.63, 3.8) is 0 Å². The Labute approximate surface area is 83.9 Å². The van der Waals surface area contributed by atoms with E-state index in [1.54, 1.807) is 0 Å². The Morgan fingerprint density at radius 1 is 1.67 bits per heavy atom. The first-order valence-electron chi connectivity index (χ1n) is 4.07. The third kappa shape index (κ3) is 1.64. The van der Waals surface area contributed by atoms with Crippen molar-refractivity contribution in [2.24, 2.45) is 0 Å². The van der Waals surface area contributed by atoms with Crippen molar-refractivity contribution in [2.45, 2.75) is 0 Å². The summed E-state index contributed by atoms with van der Waals surface area (Å²) in [6.07, 6.45) is 0. The third-order valence-corrected chi connectivity index (χ3v) is 1.68. The molecule has 4 N–H and O–H groups in total. The molecular formula is C7H8N6O2. The van der Waals surface area contributed by atoms with Gasteiger partial charge in [-0.3, -0.25) is 9.89 Å². The molecule has 0 saturated carbocycles. The predicted molar refractivity (Wildman–Crippen MR) is 49.7 cm³/mol. The molecule has 0 atom stereocenters. The Kier molecular flexibility index (Phi) is 2.08. The zero-order valence-corrected chi connectivity index (χ0v) is 7.81. The van der Waals surface area contributed by atoms with Crippen molar-refractivity contribution < 1.29 is 9.32 Å². The van der Waals surface area contributed by atoms with Crippen LogP contribution in [0.3, 0.4) is 0 Å². The van der Waals surface area contributed by atoms with Crippen LogP contribution in [0.2, 0.25) is 0 Å². The Balaban J connectivity index is 2.31. The van der Waals surface area contributed by atoms with E-state index >= 15 is 0 Å². The second-order valence-corrected chi connectivity index (χ2v) is 2.71. The molecular weight excluding hydrogens is 200 g/mol. The molecule has 0 aromatic carbocycles. The van der Waals surface area contributed by atoms with Crippen molar-refractivity contribution in [3.8, 4) is 11.6 Å². The molecule has 2 rings (SSSR count). The van der Waals surface area contributed by atoms with Crippen LogP contribution in [0.15, 0.2) is 10.6 Å². The van der Waals surface area contributed by atoms with Crippen LogP contribution in [0.5, 0.6) is 0 Å². The molecule has 2 heterocycles. The van der Waals surface area contributed by atoms with Crippen LogP contribution < -0.4 is 11.1 Å². The minimum absolute atomic E-state index is 0.0410. The van der Waals surface area contributed by atoms with Crippen LogP contribution in [-0.4, -0.2) is 33.3 Å². The van der Waals surface area contributed by atoms with Gasteiger partial charge in [0.25, 0.3) is 17.6 Å². The summed E-state index contributed by atoms with van der Waals surface area (Å²) >= 11 is 0. The van der Waals surface area contributed by atoms with E-state index < -0.39 is 5.91 Å². The molecule has 0 saturated heterocycles. The number of nitrogens with zero attached hydrogens (tertiary/aromatic N) is 3. The van der Waals surface area contributed by atoms with Crippen molar-refractivity contribution in [3.05, 3.63) is 11.9 Å². The standard InChI is InChI=1S/C7H8N6O2/c1-9-6(14)5-10-7(15-13-5)3-2-4(8)12-11-3/h2H,1H3,(H,9,14)(H3,8,11,12). The number of hydrogen-bond acceptors (Lipinski definition) is 6. The number of amides is 1. The van der Waals surface area contributed by atoms with E-state index in [4.69, 9.17) is 10.3 Å². The molecule has 0 aliphatic carbocycles. The molecule has 0 aliphatic heterocycles. The zero-order chi connectivity index (χ0) is 10.8. The van der Waals surface area contributed by atoms with Crippen molar-refractivity contribution in [1.82, 2.24) is 25.7 Å². The molecule has 2 aromatic heterocycles. The Bertz CT molecular complexity index is 487. The van der Waals surface area contributed by atoms with Crippen molar-refractivity contribution in [1.29, 1.82) is 0 Å². The average Bonchev–Trinajstić information content (AvgIpc) is 2.84. The first kappa shape index (κ1) is 9.19. The van der Waals surface area contributed by atoms with E-state index in [1.165, 1.54) is 13.1 Å². The van der Waals surface area contributed by atoms with Crippen LogP contribution in [-0.2, 0) is 0 Å². The van der Waals surface area contributed by atoms with Crippen molar-refractivity contribution in [2.75, 3.05) is 12.8 Å². The van der Waals surface area contributed by atoms with E-state index in [9.17, 15) is 4.79 Å². The number of nitrogen functional groups attached to an aromatic ring is 1. The van der Waals surface area contributed by atoms with E-state index in [0.717, 1.165) is 0 Å². The lowest BCUT2D eigenvalue weighted by atomic mass is 10.4. The van der Waals surface area contributed by atoms with Crippen LogP contribution in [0.25, 0.3) is 11.6 Å². The van der Waals surface area contributed by atoms with Gasteiger partial charge >= 0.3 is 0 Å². The highest BCUT2D eigenvalue weighted by Crippen LogP contribution is 2.15. The number of hydrogen-bond donors (Lipinski definition) is 3. The van der Waals surface area contributed by atoms with Gasteiger partial charge in [0.05, 0.1) is 0 Å². The Morgan fingerprint density at radius 2 is 2.47 bits per heavy atom. The number of nitrogens with one attached hydrogen (secondary N) is 2. The number of rotatable bonds is 2. The highest BCUT2D eigenvalue weighted by molar-refractivity contribution is 5.90. The summed E-state index contributed by atoms with van der Waals surface area (Å²) in [6.45, 7) is 0. The first-order valence-corrected chi connectivity index (χ1v) is 4.07. The molecule has 0 unspecified atom stereocenters. The van der Waals surface area contributed by atoms with Gasteiger partial charge in [-0.1, -0.05) is 5.16 Å². The van der Waals surface area contributed by atoms with E-state index in [-0.39, 0.29) is 11.7 Å². The second-order valence-electron chi connectivity index (χ2n) is 2.71. The van der Waals surface area contributed by atoms with Gasteiger partial charge in [-0.2, -0.15) is 10.1 Å². The maximum Gasteiger partial charge on any atom is 0.292 e. The summed E-state index contributed by atoms with van der Waals surface area (Å²) < 4.78 is 4.84. The molecule has 0 fully saturated rings. The maximum atomic E-state index is 11.1. The SMILES string of the molecule is CNC(=O)c1noc(-c2cc(N)n[nH]2)n1. The highest BCUT2D eigenvalue weighted by Gasteiger charge is 2.15. The summed E-state index contributed by atoms with van der Waals surface area (Å²) in [5, 5.41) is 12.1. The molecule has 0 aliphatic rings. The summed E-state index contributed by atoms with van der Waals surface area (Å²) in [5.41, 5.74) is 5.86. The molecule has 78 valence electrons. The lowest BCUT2D eigenvalue weighted by molar-refractivity contribution is 0.0950. The normalized spacial score (nSPS) is 10.2. The van der Waals surface area contributed by atoms with Crippen molar-refractivity contribution >= 4 is 11.7 Å². The fourth-order valence-corrected chi connectivity index (χ4v) is 0.984. The van der Waals surface area contributed by atoms with Crippen LogP contribution in [0.1, 0.15) is 10.6 Å². The van der Waals surface area contributed by atoms with Gasteiger partial charge in [-0.05, 0) is 0 Å². The predicted octanol–water partition coefficient (Wildman–Crippen LogP) is -0.599.